The Balaban J connectivity index is 1.52. The average Bonchev–Trinajstić information content (AvgIpc) is 2.98. The molecule has 0 N–H and O–H groups in total. The van der Waals surface area contributed by atoms with Crippen LogP contribution in [0.2, 0.25) is 0 Å². The lowest BCUT2D eigenvalue weighted by Gasteiger charge is -2.18. The molecule has 0 atom stereocenters. The van der Waals surface area contributed by atoms with Gasteiger partial charge in [-0.25, -0.2) is 0 Å². The number of hydrogen-bond donors (Lipinski definition) is 0. The normalized spacial score (nSPS) is 11.7. The van der Waals surface area contributed by atoms with E-state index in [1.807, 2.05) is 0 Å². The molecule has 0 amide bonds. The van der Waals surface area contributed by atoms with Crippen LogP contribution in [-0.2, 0) is 0 Å². The predicted octanol–water partition coefficient (Wildman–Crippen LogP) is 10.8. The Morgan fingerprint density at radius 3 is 0.816 bits per heavy atom. The predicted molar refractivity (Wildman–Crippen MR) is 165 cm³/mol. The van der Waals surface area contributed by atoms with E-state index in [2.05, 4.69) is 146 Å². The Hall–Kier alpha value is -4.94. The van der Waals surface area contributed by atoms with E-state index in [0.717, 1.165) is 0 Å². The largest absolute Gasteiger partial charge is 0.0616 e. The lowest BCUT2D eigenvalue weighted by molar-refractivity contribution is 1.68. The van der Waals surface area contributed by atoms with Crippen molar-refractivity contribution in [1.29, 1.82) is 0 Å². The maximum absolute atomic E-state index is 2.35. The van der Waals surface area contributed by atoms with Gasteiger partial charge >= 0.3 is 0 Å². The molecule has 0 saturated carbocycles. The van der Waals surface area contributed by atoms with E-state index in [9.17, 15) is 0 Å². The summed E-state index contributed by atoms with van der Waals surface area (Å²) in [6.45, 7) is 0. The molecule has 176 valence electrons. The lowest BCUT2D eigenvalue weighted by Crippen LogP contribution is -1.91. The van der Waals surface area contributed by atoms with Crippen LogP contribution < -0.4 is 0 Å². The number of fused-ring (bicyclic) bond motifs is 5. The molecule has 0 nitrogen and oxygen atoms in total. The third-order valence-electron chi connectivity index (χ3n) is 8.01. The SMILES string of the molecule is c1ccc2c(-c3ccc(-c4c5ccccc5cc5ccccc45)c4ccccc34)c3ccccc3cc2c1. The van der Waals surface area contributed by atoms with E-state index < -0.39 is 0 Å². The number of benzene rings is 8. The highest BCUT2D eigenvalue weighted by Gasteiger charge is 2.17. The second-order valence-corrected chi connectivity index (χ2v) is 10.1. The highest BCUT2D eigenvalue weighted by atomic mass is 14.2. The van der Waals surface area contributed by atoms with Crippen LogP contribution in [0.3, 0.4) is 0 Å². The van der Waals surface area contributed by atoms with Crippen LogP contribution in [0.25, 0.3) is 76.1 Å². The van der Waals surface area contributed by atoms with Gasteiger partial charge < -0.3 is 0 Å². The van der Waals surface area contributed by atoms with Crippen molar-refractivity contribution in [2.24, 2.45) is 0 Å². The Labute approximate surface area is 221 Å². The topological polar surface area (TPSA) is 0 Å². The quantitative estimate of drug-likeness (QED) is 0.216. The average molecular weight is 481 g/mol. The van der Waals surface area contributed by atoms with Crippen LogP contribution in [0.5, 0.6) is 0 Å². The molecule has 0 unspecified atom stereocenters. The molecule has 0 spiro atoms. The summed E-state index contributed by atoms with van der Waals surface area (Å²) in [5, 5.41) is 12.8. The molecule has 0 aromatic heterocycles. The van der Waals surface area contributed by atoms with Gasteiger partial charge in [-0.15, -0.1) is 0 Å². The molecule has 0 bridgehead atoms. The van der Waals surface area contributed by atoms with Crippen LogP contribution in [0.4, 0.5) is 0 Å². The van der Waals surface area contributed by atoms with Gasteiger partial charge in [0, 0.05) is 0 Å². The fraction of sp³-hybridized carbons (Fsp3) is 0. The van der Waals surface area contributed by atoms with Crippen molar-refractivity contribution in [3.63, 3.8) is 0 Å². The highest BCUT2D eigenvalue weighted by Crippen LogP contribution is 2.44. The molecule has 0 fully saturated rings. The minimum absolute atomic E-state index is 1.27. The molecule has 0 heteroatoms. The van der Waals surface area contributed by atoms with Crippen LogP contribution in [0.1, 0.15) is 0 Å². The fourth-order valence-corrected chi connectivity index (χ4v) is 6.34. The van der Waals surface area contributed by atoms with Crippen LogP contribution in [0.15, 0.2) is 146 Å². The summed E-state index contributed by atoms with van der Waals surface area (Å²) < 4.78 is 0. The van der Waals surface area contributed by atoms with Crippen molar-refractivity contribution >= 4 is 53.9 Å². The molecular formula is C38H24. The molecule has 0 radical (unpaired) electrons. The van der Waals surface area contributed by atoms with E-state index >= 15 is 0 Å². The third kappa shape index (κ3) is 3.11. The Morgan fingerprint density at radius 1 is 0.237 bits per heavy atom. The van der Waals surface area contributed by atoms with Gasteiger partial charge in [0.05, 0.1) is 0 Å². The third-order valence-corrected chi connectivity index (χ3v) is 8.01. The second kappa shape index (κ2) is 8.30. The smallest absolute Gasteiger partial charge is 0.00206 e. The van der Waals surface area contributed by atoms with Crippen molar-refractivity contribution in [1.82, 2.24) is 0 Å². The first-order valence-corrected chi connectivity index (χ1v) is 13.2. The van der Waals surface area contributed by atoms with Crippen molar-refractivity contribution in [2.75, 3.05) is 0 Å². The summed E-state index contributed by atoms with van der Waals surface area (Å²) in [7, 11) is 0. The van der Waals surface area contributed by atoms with E-state index in [0.29, 0.717) is 0 Å². The molecule has 0 aliphatic heterocycles. The van der Waals surface area contributed by atoms with Crippen molar-refractivity contribution < 1.29 is 0 Å². The van der Waals surface area contributed by atoms with Crippen molar-refractivity contribution in [3.05, 3.63) is 146 Å². The molecule has 0 aliphatic carbocycles. The summed E-state index contributed by atoms with van der Waals surface area (Å²) in [6, 6.07) is 53.3. The molecule has 8 rings (SSSR count). The van der Waals surface area contributed by atoms with Gasteiger partial charge in [0.1, 0.15) is 0 Å². The molecule has 0 aliphatic rings. The number of hydrogen-bond acceptors (Lipinski definition) is 0. The Bertz CT molecular complexity index is 1920. The first-order chi connectivity index (χ1) is 18.9. The molecular weight excluding hydrogens is 456 g/mol. The van der Waals surface area contributed by atoms with Gasteiger partial charge in [-0.2, -0.15) is 0 Å². The molecule has 8 aromatic carbocycles. The summed E-state index contributed by atoms with van der Waals surface area (Å²) >= 11 is 0. The lowest BCUT2D eigenvalue weighted by atomic mass is 9.85. The fourth-order valence-electron chi connectivity index (χ4n) is 6.34. The van der Waals surface area contributed by atoms with E-state index in [1.165, 1.54) is 76.1 Å². The molecule has 0 heterocycles. The summed E-state index contributed by atoms with van der Waals surface area (Å²) in [5.41, 5.74) is 5.18. The molecule has 8 aromatic rings. The Kier molecular flexibility index (Phi) is 4.62. The zero-order valence-corrected chi connectivity index (χ0v) is 20.9. The van der Waals surface area contributed by atoms with Crippen molar-refractivity contribution in [2.45, 2.75) is 0 Å². The van der Waals surface area contributed by atoms with Gasteiger partial charge in [-0.1, -0.05) is 133 Å². The Morgan fingerprint density at radius 2 is 0.500 bits per heavy atom. The summed E-state index contributed by atoms with van der Waals surface area (Å²) in [4.78, 5) is 0. The maximum atomic E-state index is 2.35. The van der Waals surface area contributed by atoms with Crippen LogP contribution in [-0.4, -0.2) is 0 Å². The van der Waals surface area contributed by atoms with Gasteiger partial charge in [0.15, 0.2) is 0 Å². The monoisotopic (exact) mass is 480 g/mol. The van der Waals surface area contributed by atoms with Crippen LogP contribution in [0, 0.1) is 0 Å². The standard InChI is InChI=1S/C38H24/c1-5-15-29-25(11-1)23-26-12-2-6-16-30(26)37(29)35-21-22-36(34-20-10-9-19-33(34)35)38-31-17-7-3-13-27(31)24-28-14-4-8-18-32(28)38/h1-24H. The zero-order chi connectivity index (χ0) is 25.1. The highest BCUT2D eigenvalue weighted by molar-refractivity contribution is 6.21. The number of rotatable bonds is 2. The summed E-state index contributed by atoms with van der Waals surface area (Å²) in [5.74, 6) is 0. The molecule has 38 heavy (non-hydrogen) atoms. The maximum Gasteiger partial charge on any atom is -0.00206 e. The second-order valence-electron chi connectivity index (χ2n) is 10.1. The van der Waals surface area contributed by atoms with Gasteiger partial charge in [-0.3, -0.25) is 0 Å². The summed E-state index contributed by atoms with van der Waals surface area (Å²) in [6.07, 6.45) is 0. The molecule has 0 saturated heterocycles. The zero-order valence-electron chi connectivity index (χ0n) is 20.9. The van der Waals surface area contributed by atoms with E-state index in [-0.39, 0.29) is 0 Å². The van der Waals surface area contributed by atoms with Gasteiger partial charge in [-0.05, 0) is 88.2 Å². The van der Waals surface area contributed by atoms with Crippen LogP contribution >= 0.6 is 0 Å². The van der Waals surface area contributed by atoms with E-state index in [1.54, 1.807) is 0 Å². The minimum atomic E-state index is 1.27. The van der Waals surface area contributed by atoms with Crippen molar-refractivity contribution in [3.8, 4) is 22.3 Å². The minimum Gasteiger partial charge on any atom is -0.0616 e. The first kappa shape index (κ1) is 21.2. The van der Waals surface area contributed by atoms with E-state index in [4.69, 9.17) is 0 Å². The van der Waals surface area contributed by atoms with Gasteiger partial charge in [0.25, 0.3) is 0 Å². The first-order valence-electron chi connectivity index (χ1n) is 13.2. The van der Waals surface area contributed by atoms with Gasteiger partial charge in [0.2, 0.25) is 0 Å².